The first kappa shape index (κ1) is 25.8. The minimum absolute atomic E-state index is 0.00207. The van der Waals surface area contributed by atoms with Crippen LogP contribution in [0.25, 0.3) is 0 Å². The molecule has 1 heterocycles. The van der Waals surface area contributed by atoms with Gasteiger partial charge in [0.25, 0.3) is 5.91 Å². The predicted octanol–water partition coefficient (Wildman–Crippen LogP) is 2.38. The summed E-state index contributed by atoms with van der Waals surface area (Å²) in [5.74, 6) is -0.711. The van der Waals surface area contributed by atoms with E-state index in [1.807, 2.05) is 27.7 Å². The summed E-state index contributed by atoms with van der Waals surface area (Å²) in [4.78, 5) is 35.8. The van der Waals surface area contributed by atoms with Crippen molar-refractivity contribution in [3.63, 3.8) is 0 Å². The normalized spacial score (nSPS) is 19.4. The summed E-state index contributed by atoms with van der Waals surface area (Å²) >= 11 is 0. The minimum Gasteiger partial charge on any atom is -0.452 e. The molecule has 32 heavy (non-hydrogen) atoms. The van der Waals surface area contributed by atoms with E-state index in [0.717, 1.165) is 12.8 Å². The van der Waals surface area contributed by atoms with Gasteiger partial charge in [0.05, 0.1) is 10.5 Å². The fourth-order valence-corrected chi connectivity index (χ4v) is 5.36. The first-order valence-electron chi connectivity index (χ1n) is 10.8. The van der Waals surface area contributed by atoms with E-state index in [0.29, 0.717) is 25.6 Å². The number of sulfonamides is 1. The van der Waals surface area contributed by atoms with Crippen molar-refractivity contribution in [1.82, 2.24) is 14.9 Å². The molecule has 0 radical (unpaired) electrons. The highest BCUT2D eigenvalue weighted by atomic mass is 32.2. The van der Waals surface area contributed by atoms with E-state index < -0.39 is 34.5 Å². The van der Waals surface area contributed by atoms with Gasteiger partial charge in [0, 0.05) is 19.6 Å². The highest BCUT2D eigenvalue weighted by Gasteiger charge is 2.32. The second-order valence-corrected chi connectivity index (χ2v) is 10.8. The molecule has 2 N–H and O–H groups in total. The summed E-state index contributed by atoms with van der Waals surface area (Å²) in [6.07, 6.45) is 1.74. The molecule has 1 saturated heterocycles. The number of carbonyl (C=O) groups is 3. The lowest BCUT2D eigenvalue weighted by Gasteiger charge is -2.34. The maximum Gasteiger partial charge on any atom is 0.338 e. The number of piperidine rings is 1. The van der Waals surface area contributed by atoms with Crippen LogP contribution in [0.2, 0.25) is 0 Å². The molecule has 2 atom stereocenters. The van der Waals surface area contributed by atoms with Gasteiger partial charge in [-0.3, -0.25) is 10.1 Å². The molecule has 0 aliphatic carbocycles. The average Bonchev–Trinajstić information content (AvgIpc) is 2.71. The maximum atomic E-state index is 13.0. The Morgan fingerprint density at radius 2 is 1.81 bits per heavy atom. The third-order valence-corrected chi connectivity index (χ3v) is 6.97. The standard InChI is InChI=1S/C22H33N3O6S/c1-15(2)8-9-23-22(28)24-20(26)14-31-21(27)18-6-5-7-19(11-18)32(29,30)25-12-16(3)10-17(4)13-25/h5-7,11,15-17H,8-10,12-14H2,1-4H3,(H2,23,24,26,28). The maximum absolute atomic E-state index is 13.0. The zero-order valence-corrected chi connectivity index (χ0v) is 19.9. The van der Waals surface area contributed by atoms with E-state index in [-0.39, 0.29) is 22.3 Å². The highest BCUT2D eigenvalue weighted by Crippen LogP contribution is 2.27. The number of ether oxygens (including phenoxy) is 1. The fourth-order valence-electron chi connectivity index (χ4n) is 3.63. The summed E-state index contributed by atoms with van der Waals surface area (Å²) in [6, 6.07) is 4.90. The summed E-state index contributed by atoms with van der Waals surface area (Å²) in [5, 5.41) is 4.62. The Balaban J connectivity index is 1.94. The number of esters is 1. The fraction of sp³-hybridized carbons (Fsp3) is 0.591. The van der Waals surface area contributed by atoms with E-state index in [9.17, 15) is 22.8 Å². The van der Waals surface area contributed by atoms with Gasteiger partial charge in [-0.1, -0.05) is 33.8 Å². The Labute approximate surface area is 189 Å². The number of amides is 3. The number of nitrogens with one attached hydrogen (secondary N) is 2. The van der Waals surface area contributed by atoms with Crippen molar-refractivity contribution >= 4 is 27.9 Å². The van der Waals surface area contributed by atoms with Crippen LogP contribution in [0, 0.1) is 17.8 Å². The van der Waals surface area contributed by atoms with Crippen molar-refractivity contribution in [2.24, 2.45) is 17.8 Å². The van der Waals surface area contributed by atoms with Gasteiger partial charge >= 0.3 is 12.0 Å². The van der Waals surface area contributed by atoms with Crippen LogP contribution < -0.4 is 10.6 Å². The Hall–Kier alpha value is -2.46. The van der Waals surface area contributed by atoms with Gasteiger partial charge < -0.3 is 10.1 Å². The molecular formula is C22H33N3O6S. The summed E-state index contributed by atoms with van der Waals surface area (Å²) < 4.78 is 32.5. The largest absolute Gasteiger partial charge is 0.452 e. The molecular weight excluding hydrogens is 434 g/mol. The third-order valence-electron chi connectivity index (χ3n) is 5.14. The topological polar surface area (TPSA) is 122 Å². The lowest BCUT2D eigenvalue weighted by Crippen LogP contribution is -2.42. The van der Waals surface area contributed by atoms with Crippen LogP contribution in [0.1, 0.15) is 50.9 Å². The monoisotopic (exact) mass is 467 g/mol. The van der Waals surface area contributed by atoms with Gasteiger partial charge in [-0.05, 0) is 48.8 Å². The molecule has 1 aromatic carbocycles. The Morgan fingerprint density at radius 3 is 2.44 bits per heavy atom. The van der Waals surface area contributed by atoms with Crippen molar-refractivity contribution in [3.05, 3.63) is 29.8 Å². The number of benzene rings is 1. The SMILES string of the molecule is CC(C)CCNC(=O)NC(=O)COC(=O)c1cccc(S(=O)(=O)N2CC(C)CC(C)C2)c1. The van der Waals surface area contributed by atoms with Crippen LogP contribution in [0.3, 0.4) is 0 Å². The molecule has 178 valence electrons. The van der Waals surface area contributed by atoms with Gasteiger partial charge in [-0.2, -0.15) is 4.31 Å². The Bertz CT molecular complexity index is 921. The molecule has 0 spiro atoms. The van der Waals surface area contributed by atoms with Gasteiger partial charge in [0.2, 0.25) is 10.0 Å². The molecule has 1 fully saturated rings. The molecule has 0 aromatic heterocycles. The number of hydrogen-bond donors (Lipinski definition) is 2. The van der Waals surface area contributed by atoms with Gasteiger partial charge in [0.1, 0.15) is 0 Å². The quantitative estimate of drug-likeness (QED) is 0.566. The molecule has 2 unspecified atom stereocenters. The summed E-state index contributed by atoms with van der Waals surface area (Å²) in [6.45, 7) is 8.68. The molecule has 9 nitrogen and oxygen atoms in total. The van der Waals surface area contributed by atoms with E-state index in [1.54, 1.807) is 0 Å². The third kappa shape index (κ3) is 7.59. The van der Waals surface area contributed by atoms with Crippen molar-refractivity contribution in [1.29, 1.82) is 0 Å². The minimum atomic E-state index is -3.75. The predicted molar refractivity (Wildman–Crippen MR) is 119 cm³/mol. The van der Waals surface area contributed by atoms with Crippen molar-refractivity contribution in [2.45, 2.75) is 45.4 Å². The second kappa shape index (κ2) is 11.4. The Morgan fingerprint density at radius 1 is 1.16 bits per heavy atom. The lowest BCUT2D eigenvalue weighted by atomic mass is 9.94. The van der Waals surface area contributed by atoms with Crippen LogP contribution in [0.15, 0.2) is 29.2 Å². The van der Waals surface area contributed by atoms with E-state index in [4.69, 9.17) is 4.74 Å². The van der Waals surface area contributed by atoms with Crippen molar-refractivity contribution in [2.75, 3.05) is 26.2 Å². The van der Waals surface area contributed by atoms with Gasteiger partial charge in [0.15, 0.2) is 6.61 Å². The number of urea groups is 1. The molecule has 1 aliphatic heterocycles. The van der Waals surface area contributed by atoms with Crippen molar-refractivity contribution in [3.8, 4) is 0 Å². The lowest BCUT2D eigenvalue weighted by molar-refractivity contribution is -0.123. The molecule has 1 aromatic rings. The molecule has 10 heteroatoms. The summed E-state index contributed by atoms with van der Waals surface area (Å²) in [7, 11) is -3.75. The smallest absolute Gasteiger partial charge is 0.338 e. The van der Waals surface area contributed by atoms with Crippen LogP contribution >= 0.6 is 0 Å². The molecule has 0 saturated carbocycles. The Kier molecular flexibility index (Phi) is 9.21. The number of hydrogen-bond acceptors (Lipinski definition) is 6. The zero-order chi connectivity index (χ0) is 23.9. The van der Waals surface area contributed by atoms with E-state index in [2.05, 4.69) is 10.6 Å². The van der Waals surface area contributed by atoms with Crippen LogP contribution in [0.5, 0.6) is 0 Å². The summed E-state index contributed by atoms with van der Waals surface area (Å²) in [5.41, 5.74) is 0.0124. The van der Waals surface area contributed by atoms with E-state index >= 15 is 0 Å². The van der Waals surface area contributed by atoms with Crippen LogP contribution in [-0.2, 0) is 19.6 Å². The molecule has 3 amide bonds. The number of rotatable bonds is 8. The first-order chi connectivity index (χ1) is 15.0. The molecule has 2 rings (SSSR count). The van der Waals surface area contributed by atoms with E-state index in [1.165, 1.54) is 28.6 Å². The average molecular weight is 468 g/mol. The van der Waals surface area contributed by atoms with Crippen LogP contribution in [-0.4, -0.2) is 56.9 Å². The van der Waals surface area contributed by atoms with Crippen LogP contribution in [0.4, 0.5) is 4.79 Å². The number of nitrogens with zero attached hydrogens (tertiary/aromatic N) is 1. The molecule has 1 aliphatic rings. The highest BCUT2D eigenvalue weighted by molar-refractivity contribution is 7.89. The number of imide groups is 1. The number of carbonyl (C=O) groups excluding carboxylic acids is 3. The second-order valence-electron chi connectivity index (χ2n) is 8.86. The van der Waals surface area contributed by atoms with Gasteiger partial charge in [-0.25, -0.2) is 18.0 Å². The zero-order valence-electron chi connectivity index (χ0n) is 19.1. The van der Waals surface area contributed by atoms with Gasteiger partial charge in [-0.15, -0.1) is 0 Å². The van der Waals surface area contributed by atoms with Crippen molar-refractivity contribution < 1.29 is 27.5 Å². The molecule has 0 bridgehead atoms. The first-order valence-corrected chi connectivity index (χ1v) is 12.3.